The van der Waals surface area contributed by atoms with Crippen molar-refractivity contribution >= 4 is 33.4 Å². The number of fused-ring (bicyclic) bond motifs is 1. The highest BCUT2D eigenvalue weighted by molar-refractivity contribution is 7.89. The summed E-state index contributed by atoms with van der Waals surface area (Å²) in [4.78, 5) is 38.0. The molecule has 0 fully saturated rings. The van der Waals surface area contributed by atoms with Crippen molar-refractivity contribution in [2.24, 2.45) is 0 Å². The van der Waals surface area contributed by atoms with Crippen LogP contribution in [0.2, 0.25) is 0 Å². The number of nitrogens with one attached hydrogen (secondary N) is 2. The van der Waals surface area contributed by atoms with Gasteiger partial charge >= 0.3 is 0 Å². The molecule has 0 saturated heterocycles. The summed E-state index contributed by atoms with van der Waals surface area (Å²) in [6.07, 6.45) is 1.44. The highest BCUT2D eigenvalue weighted by Crippen LogP contribution is 2.22. The van der Waals surface area contributed by atoms with Crippen LogP contribution in [0.25, 0.3) is 0 Å². The lowest BCUT2D eigenvalue weighted by Crippen LogP contribution is -2.37. The van der Waals surface area contributed by atoms with Gasteiger partial charge in [-0.25, -0.2) is 13.1 Å². The quantitative estimate of drug-likeness (QED) is 0.542. The van der Waals surface area contributed by atoms with Crippen LogP contribution in [0.1, 0.15) is 26.5 Å². The smallest absolute Gasteiger partial charge is 0.262 e. The number of carbonyl (C=O) groups excluding carboxylic acids is 3. The maximum absolute atomic E-state index is 12.5. The Kier molecular flexibility index (Phi) is 5.40. The number of sulfonamides is 1. The van der Waals surface area contributed by atoms with Gasteiger partial charge in [0.15, 0.2) is 0 Å². The second-order valence-electron chi connectivity index (χ2n) is 6.72. The first-order valence-electron chi connectivity index (χ1n) is 9.22. The van der Waals surface area contributed by atoms with Crippen LogP contribution in [0.5, 0.6) is 0 Å². The standard InChI is InChI=1S/C21H17N3O6S/c25-19(13-24-20(26)17-8-1-2-9-18(17)21(24)27)23-14-5-3-7-16(11-14)31(28,29)22-12-15-6-4-10-30-15/h1-11,22H,12-13H2,(H,23,25). The van der Waals surface area contributed by atoms with Crippen molar-refractivity contribution in [3.63, 3.8) is 0 Å². The number of carbonyl (C=O) groups is 3. The van der Waals surface area contributed by atoms with Gasteiger partial charge in [0.1, 0.15) is 12.3 Å². The molecule has 0 radical (unpaired) electrons. The van der Waals surface area contributed by atoms with E-state index in [9.17, 15) is 22.8 Å². The Hall–Kier alpha value is -3.76. The molecule has 2 N–H and O–H groups in total. The molecule has 0 atom stereocenters. The number of furan rings is 1. The molecule has 1 aliphatic rings. The summed E-state index contributed by atoms with van der Waals surface area (Å²) >= 11 is 0. The van der Waals surface area contributed by atoms with Crippen LogP contribution in [0.15, 0.2) is 76.2 Å². The van der Waals surface area contributed by atoms with Gasteiger partial charge in [-0.05, 0) is 42.5 Å². The SMILES string of the molecule is O=C(CN1C(=O)c2ccccc2C1=O)Nc1cccc(S(=O)(=O)NCc2ccco2)c1. The maximum atomic E-state index is 12.5. The minimum Gasteiger partial charge on any atom is -0.468 e. The molecule has 9 nitrogen and oxygen atoms in total. The van der Waals surface area contributed by atoms with Gasteiger partial charge in [0.05, 0.1) is 28.8 Å². The Balaban J connectivity index is 1.42. The van der Waals surface area contributed by atoms with Gasteiger partial charge in [-0.3, -0.25) is 19.3 Å². The van der Waals surface area contributed by atoms with Crippen molar-refractivity contribution in [2.75, 3.05) is 11.9 Å². The summed E-state index contributed by atoms with van der Waals surface area (Å²) in [7, 11) is -3.85. The van der Waals surface area contributed by atoms with Crippen LogP contribution in [-0.4, -0.2) is 37.6 Å². The van der Waals surface area contributed by atoms with Gasteiger partial charge < -0.3 is 9.73 Å². The molecule has 3 amide bonds. The zero-order valence-electron chi connectivity index (χ0n) is 16.1. The predicted molar refractivity (Wildman–Crippen MR) is 110 cm³/mol. The fourth-order valence-corrected chi connectivity index (χ4v) is 4.17. The first-order chi connectivity index (χ1) is 14.8. The fourth-order valence-electron chi connectivity index (χ4n) is 3.13. The van der Waals surface area contributed by atoms with Gasteiger partial charge in [0.25, 0.3) is 11.8 Å². The van der Waals surface area contributed by atoms with Crippen LogP contribution < -0.4 is 10.0 Å². The molecule has 0 bridgehead atoms. The molecule has 10 heteroatoms. The summed E-state index contributed by atoms with van der Waals surface area (Å²) in [5.41, 5.74) is 0.703. The summed E-state index contributed by atoms with van der Waals surface area (Å²) in [5.74, 6) is -1.27. The zero-order valence-corrected chi connectivity index (χ0v) is 16.9. The predicted octanol–water partition coefficient (Wildman–Crippen LogP) is 1.99. The van der Waals surface area contributed by atoms with Gasteiger partial charge in [-0.15, -0.1) is 0 Å². The van der Waals surface area contributed by atoms with E-state index in [1.165, 1.54) is 42.7 Å². The Labute approximate surface area is 177 Å². The van der Waals surface area contributed by atoms with E-state index >= 15 is 0 Å². The van der Waals surface area contributed by atoms with Gasteiger partial charge in [-0.2, -0.15) is 0 Å². The van der Waals surface area contributed by atoms with Crippen molar-refractivity contribution in [1.82, 2.24) is 9.62 Å². The second-order valence-corrected chi connectivity index (χ2v) is 8.49. The lowest BCUT2D eigenvalue weighted by Gasteiger charge is -2.14. The summed E-state index contributed by atoms with van der Waals surface area (Å²) in [5, 5.41) is 2.52. The van der Waals surface area contributed by atoms with E-state index < -0.39 is 34.3 Å². The second kappa shape index (κ2) is 8.17. The van der Waals surface area contributed by atoms with Crippen LogP contribution in [0.3, 0.4) is 0 Å². The van der Waals surface area contributed by atoms with Crippen molar-refractivity contribution in [3.05, 3.63) is 83.8 Å². The molecule has 4 rings (SSSR count). The largest absolute Gasteiger partial charge is 0.468 e. The third-order valence-corrected chi connectivity index (χ3v) is 6.02. The first kappa shape index (κ1) is 20.5. The molecule has 158 valence electrons. The molecule has 1 aliphatic heterocycles. The summed E-state index contributed by atoms with van der Waals surface area (Å²) in [6, 6.07) is 15.3. The molecule has 0 spiro atoms. The van der Waals surface area contributed by atoms with E-state index in [1.54, 1.807) is 24.3 Å². The topological polar surface area (TPSA) is 126 Å². The van der Waals surface area contributed by atoms with Crippen LogP contribution in [0.4, 0.5) is 5.69 Å². The molecular weight excluding hydrogens is 422 g/mol. The number of hydrogen-bond donors (Lipinski definition) is 2. The van der Waals surface area contributed by atoms with E-state index in [1.807, 2.05) is 0 Å². The highest BCUT2D eigenvalue weighted by atomic mass is 32.2. The van der Waals surface area contributed by atoms with Crippen LogP contribution in [-0.2, 0) is 21.4 Å². The number of amides is 3. The van der Waals surface area contributed by atoms with Crippen LogP contribution in [0, 0.1) is 0 Å². The van der Waals surface area contributed by atoms with E-state index in [2.05, 4.69) is 10.0 Å². The molecule has 2 aromatic carbocycles. The highest BCUT2D eigenvalue weighted by Gasteiger charge is 2.36. The van der Waals surface area contributed by atoms with E-state index in [4.69, 9.17) is 4.42 Å². The molecule has 0 saturated carbocycles. The Bertz CT molecular complexity index is 1230. The third-order valence-electron chi connectivity index (χ3n) is 4.62. The van der Waals surface area contributed by atoms with E-state index in [0.717, 1.165) is 4.90 Å². The first-order valence-corrected chi connectivity index (χ1v) is 10.7. The van der Waals surface area contributed by atoms with Gasteiger partial charge in [-0.1, -0.05) is 18.2 Å². The zero-order chi connectivity index (χ0) is 22.0. The Morgan fingerprint density at radius 1 is 0.935 bits per heavy atom. The molecule has 3 aromatic rings. The van der Waals surface area contributed by atoms with Crippen molar-refractivity contribution in [1.29, 1.82) is 0 Å². The average molecular weight is 439 g/mol. The molecule has 1 aromatic heterocycles. The van der Waals surface area contributed by atoms with Gasteiger partial charge in [0, 0.05) is 5.69 Å². The molecule has 0 aliphatic carbocycles. The number of rotatable bonds is 7. The van der Waals surface area contributed by atoms with E-state index in [0.29, 0.717) is 5.76 Å². The Morgan fingerprint density at radius 2 is 1.65 bits per heavy atom. The number of benzene rings is 2. The van der Waals surface area contributed by atoms with Gasteiger partial charge in [0.2, 0.25) is 15.9 Å². The summed E-state index contributed by atoms with van der Waals surface area (Å²) in [6.45, 7) is -0.508. The summed E-state index contributed by atoms with van der Waals surface area (Å²) < 4.78 is 32.5. The van der Waals surface area contributed by atoms with Crippen LogP contribution >= 0.6 is 0 Å². The molecule has 2 heterocycles. The minimum absolute atomic E-state index is 0.0222. The number of hydrogen-bond acceptors (Lipinski definition) is 6. The normalized spacial score (nSPS) is 13.4. The number of imide groups is 1. The van der Waals surface area contributed by atoms with Crippen molar-refractivity contribution in [3.8, 4) is 0 Å². The minimum atomic E-state index is -3.85. The number of nitrogens with zero attached hydrogens (tertiary/aromatic N) is 1. The van der Waals surface area contributed by atoms with E-state index in [-0.39, 0.29) is 28.3 Å². The molecular formula is C21H17N3O6S. The fraction of sp³-hybridized carbons (Fsp3) is 0.0952. The maximum Gasteiger partial charge on any atom is 0.262 e. The number of anilines is 1. The molecule has 31 heavy (non-hydrogen) atoms. The average Bonchev–Trinajstić information content (AvgIpc) is 3.36. The molecule has 0 unspecified atom stereocenters. The third kappa shape index (κ3) is 4.25. The Morgan fingerprint density at radius 3 is 2.29 bits per heavy atom. The van der Waals surface area contributed by atoms with Crippen molar-refractivity contribution < 1.29 is 27.2 Å². The lowest BCUT2D eigenvalue weighted by molar-refractivity contribution is -0.116. The lowest BCUT2D eigenvalue weighted by atomic mass is 10.1. The monoisotopic (exact) mass is 439 g/mol. The van der Waals surface area contributed by atoms with Crippen molar-refractivity contribution in [2.45, 2.75) is 11.4 Å².